The molecule has 0 aliphatic rings. The second-order valence-corrected chi connectivity index (χ2v) is 7.97. The Balaban J connectivity index is 2.16. The van der Waals surface area contributed by atoms with E-state index < -0.39 is 10.1 Å². The maximum Gasteiger partial charge on any atom is 0.296 e. The van der Waals surface area contributed by atoms with Crippen LogP contribution in [0.25, 0.3) is 0 Å². The van der Waals surface area contributed by atoms with E-state index in [0.29, 0.717) is 0 Å². The van der Waals surface area contributed by atoms with Gasteiger partial charge in [-0.15, -0.1) is 0 Å². The fourth-order valence-electron chi connectivity index (χ4n) is 2.73. The van der Waals surface area contributed by atoms with Crippen LogP contribution in [-0.2, 0) is 16.5 Å². The predicted octanol–water partition coefficient (Wildman–Crippen LogP) is 6.05. The highest BCUT2D eigenvalue weighted by atomic mass is 35.5. The molecule has 0 radical (unpaired) electrons. The summed E-state index contributed by atoms with van der Waals surface area (Å²) in [4.78, 5) is -0.217. The highest BCUT2D eigenvalue weighted by molar-refractivity contribution is 7.86. The Kier molecular flexibility index (Phi) is 9.84. The third-order valence-electron chi connectivity index (χ3n) is 4.09. The van der Waals surface area contributed by atoms with Gasteiger partial charge in [0, 0.05) is 0 Å². The Morgan fingerprint density at radius 3 is 1.91 bits per heavy atom. The zero-order chi connectivity index (χ0) is 17.1. The molecule has 1 aromatic carbocycles. The van der Waals surface area contributed by atoms with Crippen LogP contribution >= 0.6 is 11.6 Å². The molecule has 0 unspecified atom stereocenters. The molecule has 0 fully saturated rings. The van der Waals surface area contributed by atoms with Crippen LogP contribution in [0, 0.1) is 0 Å². The second-order valence-electron chi connectivity index (χ2n) is 6.17. The summed E-state index contributed by atoms with van der Waals surface area (Å²) in [6.07, 6.45) is 13.8. The zero-order valence-corrected chi connectivity index (χ0v) is 15.6. The van der Waals surface area contributed by atoms with Gasteiger partial charge in [-0.2, -0.15) is 8.42 Å². The Morgan fingerprint density at radius 1 is 0.913 bits per heavy atom. The summed E-state index contributed by atoms with van der Waals surface area (Å²) < 4.78 is 31.2. The minimum absolute atomic E-state index is 0.0945. The van der Waals surface area contributed by atoms with E-state index in [4.69, 9.17) is 16.2 Å². The normalized spacial score (nSPS) is 11.8. The quantitative estimate of drug-likeness (QED) is 0.364. The summed E-state index contributed by atoms with van der Waals surface area (Å²) in [5.74, 6) is 0. The van der Waals surface area contributed by atoms with Gasteiger partial charge in [-0.25, -0.2) is 0 Å². The van der Waals surface area contributed by atoms with Crippen molar-refractivity contribution in [2.45, 2.75) is 82.4 Å². The van der Waals surface area contributed by atoms with Gasteiger partial charge < -0.3 is 0 Å². The lowest BCUT2D eigenvalue weighted by Crippen LogP contribution is -1.99. The SMILES string of the molecule is CCCCCCCCCCCCc1ccc(S(=O)(=O)O)c(Cl)c1. The first-order chi connectivity index (χ1) is 10.9. The third kappa shape index (κ3) is 8.73. The zero-order valence-electron chi connectivity index (χ0n) is 14.1. The van der Waals surface area contributed by atoms with E-state index in [2.05, 4.69) is 6.92 Å². The Morgan fingerprint density at radius 2 is 1.43 bits per heavy atom. The van der Waals surface area contributed by atoms with Gasteiger partial charge in [0.1, 0.15) is 4.90 Å². The van der Waals surface area contributed by atoms with Crippen LogP contribution in [0.15, 0.2) is 23.1 Å². The van der Waals surface area contributed by atoms with Gasteiger partial charge in [0.25, 0.3) is 10.1 Å². The molecule has 0 aromatic heterocycles. The number of hydrogen-bond donors (Lipinski definition) is 1. The van der Waals surface area contributed by atoms with E-state index in [0.717, 1.165) is 18.4 Å². The minimum Gasteiger partial charge on any atom is -0.282 e. The highest BCUT2D eigenvalue weighted by Gasteiger charge is 2.14. The van der Waals surface area contributed by atoms with Gasteiger partial charge in [-0.1, -0.05) is 82.4 Å². The van der Waals surface area contributed by atoms with Crippen molar-refractivity contribution in [3.05, 3.63) is 28.8 Å². The number of unbranched alkanes of at least 4 members (excludes halogenated alkanes) is 9. The van der Waals surface area contributed by atoms with Gasteiger partial charge in [0.05, 0.1) is 5.02 Å². The van der Waals surface area contributed by atoms with Crippen molar-refractivity contribution in [1.29, 1.82) is 0 Å². The van der Waals surface area contributed by atoms with Crippen molar-refractivity contribution in [2.24, 2.45) is 0 Å². The molecule has 0 aliphatic heterocycles. The molecular weight excluding hydrogens is 332 g/mol. The largest absolute Gasteiger partial charge is 0.296 e. The summed E-state index contributed by atoms with van der Waals surface area (Å²) in [6.45, 7) is 2.24. The molecule has 0 bridgehead atoms. The van der Waals surface area contributed by atoms with Crippen molar-refractivity contribution in [3.63, 3.8) is 0 Å². The first kappa shape index (κ1) is 20.5. The third-order valence-corrected chi connectivity index (χ3v) is 5.43. The van der Waals surface area contributed by atoms with E-state index in [-0.39, 0.29) is 9.92 Å². The molecule has 0 saturated heterocycles. The number of hydrogen-bond acceptors (Lipinski definition) is 2. The minimum atomic E-state index is -4.23. The summed E-state index contributed by atoms with van der Waals surface area (Å²) in [6, 6.07) is 4.74. The van der Waals surface area contributed by atoms with Crippen LogP contribution in [0.5, 0.6) is 0 Å². The van der Waals surface area contributed by atoms with Gasteiger partial charge in [-0.3, -0.25) is 4.55 Å². The van der Waals surface area contributed by atoms with Crippen molar-refractivity contribution >= 4 is 21.7 Å². The van der Waals surface area contributed by atoms with E-state index in [1.807, 2.05) is 0 Å². The molecule has 1 rings (SSSR count). The molecule has 0 aliphatic carbocycles. The molecule has 23 heavy (non-hydrogen) atoms. The molecule has 1 aromatic rings. The van der Waals surface area contributed by atoms with E-state index in [1.54, 1.807) is 12.1 Å². The standard InChI is InChI=1S/C18H29ClO3S/c1-2-3-4-5-6-7-8-9-10-11-12-16-13-14-18(17(19)15-16)23(20,21)22/h13-15H,2-12H2,1H3,(H,20,21,22). The average molecular weight is 361 g/mol. The molecule has 3 nitrogen and oxygen atoms in total. The van der Waals surface area contributed by atoms with Crippen LogP contribution in [-0.4, -0.2) is 13.0 Å². The number of benzene rings is 1. The van der Waals surface area contributed by atoms with Crippen molar-refractivity contribution < 1.29 is 13.0 Å². The monoisotopic (exact) mass is 360 g/mol. The first-order valence-corrected chi connectivity index (χ1v) is 10.5. The van der Waals surface area contributed by atoms with Crippen LogP contribution < -0.4 is 0 Å². The van der Waals surface area contributed by atoms with Crippen LogP contribution in [0.1, 0.15) is 76.7 Å². The lowest BCUT2D eigenvalue weighted by molar-refractivity contribution is 0.483. The Hall–Kier alpha value is -0.580. The highest BCUT2D eigenvalue weighted by Crippen LogP contribution is 2.23. The molecule has 0 atom stereocenters. The average Bonchev–Trinajstić information content (AvgIpc) is 2.48. The molecule has 0 heterocycles. The maximum absolute atomic E-state index is 11.1. The number of halogens is 1. The fourth-order valence-corrected chi connectivity index (χ4v) is 3.77. The molecule has 0 spiro atoms. The molecular formula is C18H29ClO3S. The molecule has 1 N–H and O–H groups in total. The van der Waals surface area contributed by atoms with Gasteiger partial charge in [-0.05, 0) is 30.5 Å². The summed E-state index contributed by atoms with van der Waals surface area (Å²) in [7, 11) is -4.23. The number of rotatable bonds is 12. The summed E-state index contributed by atoms with van der Waals surface area (Å²) in [5.41, 5.74) is 1.02. The number of aryl methyl sites for hydroxylation is 1. The van der Waals surface area contributed by atoms with Gasteiger partial charge >= 0.3 is 0 Å². The second kappa shape index (κ2) is 11.1. The molecule has 5 heteroatoms. The van der Waals surface area contributed by atoms with Crippen molar-refractivity contribution in [2.75, 3.05) is 0 Å². The fraction of sp³-hybridized carbons (Fsp3) is 0.667. The lowest BCUT2D eigenvalue weighted by atomic mass is 10.0. The Bertz CT molecular complexity index is 555. The lowest BCUT2D eigenvalue weighted by Gasteiger charge is -2.05. The van der Waals surface area contributed by atoms with Gasteiger partial charge in [0.15, 0.2) is 0 Å². The van der Waals surface area contributed by atoms with E-state index >= 15 is 0 Å². The van der Waals surface area contributed by atoms with Crippen LogP contribution in [0.4, 0.5) is 0 Å². The molecule has 0 saturated carbocycles. The topological polar surface area (TPSA) is 54.4 Å². The predicted molar refractivity (Wildman–Crippen MR) is 96.8 cm³/mol. The first-order valence-electron chi connectivity index (χ1n) is 8.71. The Labute approximate surface area is 146 Å². The van der Waals surface area contributed by atoms with Crippen molar-refractivity contribution in [1.82, 2.24) is 0 Å². The maximum atomic E-state index is 11.1. The van der Waals surface area contributed by atoms with Gasteiger partial charge in [0.2, 0.25) is 0 Å². The van der Waals surface area contributed by atoms with E-state index in [1.165, 1.54) is 63.9 Å². The smallest absolute Gasteiger partial charge is 0.282 e. The summed E-state index contributed by atoms with van der Waals surface area (Å²) in [5, 5.41) is 0.0945. The summed E-state index contributed by atoms with van der Waals surface area (Å²) >= 11 is 5.91. The van der Waals surface area contributed by atoms with E-state index in [9.17, 15) is 8.42 Å². The van der Waals surface area contributed by atoms with Crippen LogP contribution in [0.2, 0.25) is 5.02 Å². The molecule has 132 valence electrons. The van der Waals surface area contributed by atoms with Crippen LogP contribution in [0.3, 0.4) is 0 Å². The van der Waals surface area contributed by atoms with Crippen molar-refractivity contribution in [3.8, 4) is 0 Å². The molecule has 0 amide bonds.